The van der Waals surface area contributed by atoms with Gasteiger partial charge in [-0.15, -0.1) is 11.3 Å². The first-order chi connectivity index (χ1) is 17.1. The van der Waals surface area contributed by atoms with Crippen molar-refractivity contribution in [3.63, 3.8) is 0 Å². The quantitative estimate of drug-likeness (QED) is 0.181. The number of aromatic amines is 1. The molecule has 5 rings (SSSR count). The molecule has 0 aliphatic heterocycles. The second-order valence-electron chi connectivity index (χ2n) is 7.91. The Labute approximate surface area is 205 Å². The van der Waals surface area contributed by atoms with Gasteiger partial charge in [0.2, 0.25) is 0 Å². The first kappa shape index (κ1) is 22.3. The summed E-state index contributed by atoms with van der Waals surface area (Å²) in [6, 6.07) is 17.8. The van der Waals surface area contributed by atoms with E-state index in [2.05, 4.69) is 32.9 Å². The highest BCUT2D eigenvalue weighted by Crippen LogP contribution is 2.32. The summed E-state index contributed by atoms with van der Waals surface area (Å²) < 4.78 is 0.984. The average Bonchev–Trinajstić information content (AvgIpc) is 3.54. The zero-order chi connectivity index (χ0) is 24.4. The van der Waals surface area contributed by atoms with Crippen LogP contribution in [-0.4, -0.2) is 34.6 Å². The summed E-state index contributed by atoms with van der Waals surface area (Å²) in [5, 5.41) is 12.7. The molecule has 0 atom stereocenters. The highest BCUT2D eigenvalue weighted by atomic mass is 32.1. The molecule has 8 nitrogen and oxygen atoms in total. The zero-order valence-corrected chi connectivity index (χ0v) is 20.0. The summed E-state index contributed by atoms with van der Waals surface area (Å²) >= 11 is 1.59. The maximum atomic E-state index is 12.0. The molecule has 0 spiro atoms. The molecule has 3 heterocycles. The van der Waals surface area contributed by atoms with Crippen LogP contribution in [0.25, 0.3) is 38.1 Å². The molecule has 5 aromatic rings. The number of allylic oxidation sites excluding steroid dienone is 1. The molecule has 0 aliphatic rings. The summed E-state index contributed by atoms with van der Waals surface area (Å²) in [5.74, 6) is 1.19. The van der Waals surface area contributed by atoms with Gasteiger partial charge in [0, 0.05) is 42.1 Å². The fourth-order valence-corrected chi connectivity index (χ4v) is 4.56. The van der Waals surface area contributed by atoms with Crippen LogP contribution in [0.1, 0.15) is 23.0 Å². The minimum Gasteiger partial charge on any atom is -0.354 e. The van der Waals surface area contributed by atoms with E-state index >= 15 is 0 Å². The Balaban J connectivity index is 1.48. The third-order valence-corrected chi connectivity index (χ3v) is 6.54. The molecule has 1 amide bonds. The Kier molecular flexibility index (Phi) is 5.99. The molecule has 0 aliphatic carbocycles. The minimum atomic E-state index is -0.157. The van der Waals surface area contributed by atoms with E-state index in [0.717, 1.165) is 49.3 Å². The number of carbonyl (C=O) groups excluding carboxylic acids is 1. The van der Waals surface area contributed by atoms with Crippen molar-refractivity contribution in [3.05, 3.63) is 77.4 Å². The Hall–Kier alpha value is -4.50. The molecule has 3 aromatic heterocycles. The number of amides is 1. The molecule has 0 bridgehead atoms. The monoisotopic (exact) mass is 481 g/mol. The highest BCUT2D eigenvalue weighted by molar-refractivity contribution is 7.17. The summed E-state index contributed by atoms with van der Waals surface area (Å²) in [7, 11) is 1.61. The fraction of sp³-hybridized carbons (Fsp3) is 0.0769. The lowest BCUT2D eigenvalue weighted by atomic mass is 10.1. The second-order valence-corrected chi connectivity index (χ2v) is 8.83. The Morgan fingerprint density at radius 2 is 1.94 bits per heavy atom. The molecule has 0 radical (unpaired) electrons. The lowest BCUT2D eigenvalue weighted by Crippen LogP contribution is -2.17. The number of hydrogen-bond acceptors (Lipinski definition) is 7. The van der Waals surface area contributed by atoms with E-state index in [9.17, 15) is 4.79 Å². The molecule has 0 unspecified atom stereocenters. The van der Waals surface area contributed by atoms with Gasteiger partial charge in [0.15, 0.2) is 11.6 Å². The van der Waals surface area contributed by atoms with Crippen LogP contribution in [-0.2, 0) is 0 Å². The predicted molar refractivity (Wildman–Crippen MR) is 144 cm³/mol. The van der Waals surface area contributed by atoms with Crippen LogP contribution in [0.5, 0.6) is 0 Å². The zero-order valence-electron chi connectivity index (χ0n) is 19.2. The first-order valence-corrected chi connectivity index (χ1v) is 11.8. The van der Waals surface area contributed by atoms with E-state index in [1.54, 1.807) is 24.6 Å². The normalized spacial score (nSPS) is 11.5. The predicted octanol–water partition coefficient (Wildman–Crippen LogP) is 5.51. The van der Waals surface area contributed by atoms with E-state index in [1.807, 2.05) is 66.9 Å². The van der Waals surface area contributed by atoms with E-state index in [0.29, 0.717) is 11.5 Å². The number of hydrogen-bond donors (Lipinski definition) is 4. The van der Waals surface area contributed by atoms with Gasteiger partial charge in [-0.3, -0.25) is 10.2 Å². The maximum absolute atomic E-state index is 12.0. The fourth-order valence-electron chi connectivity index (χ4n) is 3.78. The van der Waals surface area contributed by atoms with Gasteiger partial charge in [0.05, 0.1) is 10.2 Å². The first-order valence-electron chi connectivity index (χ1n) is 10.9. The minimum absolute atomic E-state index is 0.157. The van der Waals surface area contributed by atoms with Gasteiger partial charge in [0.1, 0.15) is 5.69 Å². The Morgan fingerprint density at radius 1 is 1.11 bits per heavy atom. The number of H-pyrrole nitrogens is 1. The standard InChI is InChI=1S/C26H23N7OS/c1-15(14-29-28-3)16-6-8-19(9-7-16)30-25-23-20(10-11-35-23)32-24(33-25)18-5-4-17-12-22(26(34)27-2)31-21(17)13-18/h4-14,29,31H,3H2,1-2H3,(H,27,34)(H,30,32,33)/b15-14+. The van der Waals surface area contributed by atoms with Gasteiger partial charge in [-0.25, -0.2) is 9.97 Å². The molecule has 4 N–H and O–H groups in total. The van der Waals surface area contributed by atoms with Crippen LogP contribution >= 0.6 is 11.3 Å². The number of anilines is 2. The van der Waals surface area contributed by atoms with Gasteiger partial charge in [-0.2, -0.15) is 5.10 Å². The third kappa shape index (κ3) is 4.49. The van der Waals surface area contributed by atoms with E-state index in [-0.39, 0.29) is 5.91 Å². The van der Waals surface area contributed by atoms with Crippen molar-refractivity contribution in [1.29, 1.82) is 0 Å². The number of benzene rings is 2. The second kappa shape index (κ2) is 9.40. The van der Waals surface area contributed by atoms with Crippen LogP contribution < -0.4 is 16.1 Å². The topological polar surface area (TPSA) is 107 Å². The largest absolute Gasteiger partial charge is 0.354 e. The maximum Gasteiger partial charge on any atom is 0.267 e. The Morgan fingerprint density at radius 3 is 2.71 bits per heavy atom. The SMILES string of the molecule is C=NN/C=C(\C)c1ccc(Nc2nc(-c3ccc4cc(C(=O)NC)[nH]c4c3)nc3ccsc23)cc1. The van der Waals surface area contributed by atoms with Gasteiger partial charge < -0.3 is 15.6 Å². The third-order valence-electron chi connectivity index (χ3n) is 5.63. The van der Waals surface area contributed by atoms with Crippen LogP contribution in [0.4, 0.5) is 11.5 Å². The molecule has 2 aromatic carbocycles. The van der Waals surface area contributed by atoms with E-state index in [4.69, 9.17) is 9.97 Å². The lowest BCUT2D eigenvalue weighted by Gasteiger charge is -2.10. The van der Waals surface area contributed by atoms with Crippen molar-refractivity contribution in [2.45, 2.75) is 6.92 Å². The number of hydrazone groups is 1. The van der Waals surface area contributed by atoms with E-state index in [1.165, 1.54) is 0 Å². The van der Waals surface area contributed by atoms with Gasteiger partial charge >= 0.3 is 0 Å². The van der Waals surface area contributed by atoms with Crippen molar-refractivity contribution >= 4 is 62.2 Å². The molecule has 0 saturated carbocycles. The van der Waals surface area contributed by atoms with Crippen LogP contribution in [0.3, 0.4) is 0 Å². The number of thiophene rings is 1. The van der Waals surface area contributed by atoms with E-state index < -0.39 is 0 Å². The molecule has 0 saturated heterocycles. The number of aromatic nitrogens is 3. The molecular formula is C26H23N7OS. The molecule has 35 heavy (non-hydrogen) atoms. The summed E-state index contributed by atoms with van der Waals surface area (Å²) in [4.78, 5) is 24.8. The number of carbonyl (C=O) groups is 1. The molecule has 9 heteroatoms. The van der Waals surface area contributed by atoms with Gasteiger partial charge in [-0.1, -0.05) is 24.3 Å². The van der Waals surface area contributed by atoms with Gasteiger partial charge in [0.25, 0.3) is 5.91 Å². The molecule has 174 valence electrons. The van der Waals surface area contributed by atoms with Crippen LogP contribution in [0, 0.1) is 0 Å². The summed E-state index contributed by atoms with van der Waals surface area (Å²) in [6.45, 7) is 5.42. The van der Waals surface area contributed by atoms with Crippen LogP contribution in [0.15, 0.2) is 71.3 Å². The average molecular weight is 482 g/mol. The van der Waals surface area contributed by atoms with Gasteiger partial charge in [-0.05, 0) is 53.8 Å². The Bertz CT molecular complexity index is 1580. The summed E-state index contributed by atoms with van der Waals surface area (Å²) in [6.07, 6.45) is 1.81. The molecular weight excluding hydrogens is 458 g/mol. The number of nitrogens with zero attached hydrogens (tertiary/aromatic N) is 3. The lowest BCUT2D eigenvalue weighted by molar-refractivity contribution is 0.0959. The summed E-state index contributed by atoms with van der Waals surface area (Å²) in [5.41, 5.74) is 8.91. The van der Waals surface area contributed by atoms with Crippen LogP contribution in [0.2, 0.25) is 0 Å². The smallest absolute Gasteiger partial charge is 0.267 e. The highest BCUT2D eigenvalue weighted by Gasteiger charge is 2.13. The van der Waals surface area contributed by atoms with Crippen molar-refractivity contribution in [3.8, 4) is 11.4 Å². The van der Waals surface area contributed by atoms with Crippen molar-refractivity contribution in [2.24, 2.45) is 5.10 Å². The van der Waals surface area contributed by atoms with Crippen molar-refractivity contribution in [2.75, 3.05) is 12.4 Å². The number of rotatable bonds is 7. The number of nitrogens with one attached hydrogen (secondary N) is 4. The van der Waals surface area contributed by atoms with Crippen molar-refractivity contribution < 1.29 is 4.79 Å². The molecule has 0 fully saturated rings. The number of fused-ring (bicyclic) bond motifs is 2. The van der Waals surface area contributed by atoms with Crippen molar-refractivity contribution in [1.82, 2.24) is 25.7 Å².